The summed E-state index contributed by atoms with van der Waals surface area (Å²) >= 11 is 0. The highest BCUT2D eigenvalue weighted by Gasteiger charge is 2.14. The van der Waals surface area contributed by atoms with Gasteiger partial charge >= 0.3 is 6.01 Å². The van der Waals surface area contributed by atoms with E-state index in [2.05, 4.69) is 20.8 Å². The van der Waals surface area contributed by atoms with Gasteiger partial charge in [0, 0.05) is 6.04 Å². The normalized spacial score (nSPS) is 15.2. The largest absolute Gasteiger partial charge is 0.459 e. The summed E-state index contributed by atoms with van der Waals surface area (Å²) in [6.45, 7) is 0.182. The number of aromatic nitrogens is 2. The molecule has 1 aliphatic carbocycles. The molecule has 1 saturated carbocycles. The molecular weight excluding hydrogens is 314 g/mol. The Labute approximate surface area is 139 Å². The Balaban J connectivity index is 1.57. The van der Waals surface area contributed by atoms with Gasteiger partial charge in [-0.15, -0.1) is 0 Å². The molecular formula is C17H20F2N4O. The topological polar surface area (TPSA) is 59.1 Å². The molecule has 0 amide bonds. The molecule has 3 rings (SSSR count). The Kier molecular flexibility index (Phi) is 5.53. The van der Waals surface area contributed by atoms with Crippen LogP contribution in [-0.4, -0.2) is 16.0 Å². The summed E-state index contributed by atoms with van der Waals surface area (Å²) in [5.41, 5.74) is 6.71. The number of halogens is 2. The van der Waals surface area contributed by atoms with E-state index in [1.165, 1.54) is 31.4 Å². The van der Waals surface area contributed by atoms with E-state index in [1.54, 1.807) is 12.1 Å². The third-order valence-corrected chi connectivity index (χ3v) is 4.00. The lowest BCUT2D eigenvalue weighted by molar-refractivity contribution is 0.279. The van der Waals surface area contributed by atoms with Crippen LogP contribution in [0.5, 0.6) is 6.01 Å². The van der Waals surface area contributed by atoms with Crippen molar-refractivity contribution in [2.45, 2.75) is 44.8 Å². The highest BCUT2D eigenvalue weighted by molar-refractivity contribution is 5.35. The lowest BCUT2D eigenvalue weighted by atomic mass is 9.96. The number of benzene rings is 1. The predicted molar refractivity (Wildman–Crippen MR) is 86.4 cm³/mol. The third-order valence-electron chi connectivity index (χ3n) is 4.00. The van der Waals surface area contributed by atoms with Gasteiger partial charge in [-0.05, 0) is 30.5 Å². The van der Waals surface area contributed by atoms with Crippen LogP contribution in [0, 0.1) is 11.6 Å². The zero-order chi connectivity index (χ0) is 16.8. The van der Waals surface area contributed by atoms with E-state index in [1.807, 2.05) is 0 Å². The molecule has 0 aliphatic heterocycles. The first-order valence-electron chi connectivity index (χ1n) is 8.12. The average molecular weight is 334 g/mol. The number of hydrogen-bond acceptors (Lipinski definition) is 5. The smallest absolute Gasteiger partial charge is 0.318 e. The molecule has 0 atom stereocenters. The number of anilines is 1. The molecule has 24 heavy (non-hydrogen) atoms. The van der Waals surface area contributed by atoms with E-state index in [-0.39, 0.29) is 24.3 Å². The highest BCUT2D eigenvalue weighted by atomic mass is 19.1. The summed E-state index contributed by atoms with van der Waals surface area (Å²) < 4.78 is 32.1. The molecule has 0 saturated heterocycles. The lowest BCUT2D eigenvalue weighted by Crippen LogP contribution is -2.36. The van der Waals surface area contributed by atoms with E-state index in [0.29, 0.717) is 6.04 Å². The predicted octanol–water partition coefficient (Wildman–Crippen LogP) is 3.58. The van der Waals surface area contributed by atoms with Crippen LogP contribution in [0.1, 0.15) is 37.7 Å². The first kappa shape index (κ1) is 16.6. The molecule has 1 aromatic carbocycles. The quantitative estimate of drug-likeness (QED) is 0.791. The van der Waals surface area contributed by atoms with Crippen molar-refractivity contribution in [2.75, 3.05) is 5.43 Å². The fraction of sp³-hybridized carbons (Fsp3) is 0.412. The Morgan fingerprint density at radius 1 is 1.08 bits per heavy atom. The fourth-order valence-corrected chi connectivity index (χ4v) is 2.65. The first-order chi connectivity index (χ1) is 11.7. The number of ether oxygens (including phenoxy) is 1. The van der Waals surface area contributed by atoms with Gasteiger partial charge in [0.25, 0.3) is 0 Å². The van der Waals surface area contributed by atoms with Crippen LogP contribution < -0.4 is 15.6 Å². The van der Waals surface area contributed by atoms with Crippen LogP contribution in [0.25, 0.3) is 0 Å². The molecule has 0 radical (unpaired) electrons. The van der Waals surface area contributed by atoms with Gasteiger partial charge in [-0.1, -0.05) is 31.4 Å². The number of nitrogens with zero attached hydrogens (tertiary/aromatic N) is 2. The second-order valence-electron chi connectivity index (χ2n) is 5.87. The number of nitrogens with one attached hydrogen (secondary N) is 2. The molecule has 1 aromatic heterocycles. The van der Waals surface area contributed by atoms with Gasteiger partial charge in [-0.25, -0.2) is 19.2 Å². The summed E-state index contributed by atoms with van der Waals surface area (Å²) in [7, 11) is 0. The Hall–Kier alpha value is -2.28. The van der Waals surface area contributed by atoms with Gasteiger partial charge < -0.3 is 10.2 Å². The third kappa shape index (κ3) is 4.61. The zero-order valence-corrected chi connectivity index (χ0v) is 13.3. The van der Waals surface area contributed by atoms with Crippen LogP contribution in [0.2, 0.25) is 0 Å². The minimum atomic E-state index is -0.549. The van der Waals surface area contributed by atoms with E-state index >= 15 is 0 Å². The highest BCUT2D eigenvalue weighted by Crippen LogP contribution is 2.18. The summed E-state index contributed by atoms with van der Waals surface area (Å²) in [4.78, 5) is 7.85. The Bertz CT molecular complexity index is 660. The number of hydrogen-bond donors (Lipinski definition) is 2. The van der Waals surface area contributed by atoms with Gasteiger partial charge in [-0.3, -0.25) is 0 Å². The molecule has 7 heteroatoms. The molecule has 2 aromatic rings. The van der Waals surface area contributed by atoms with Crippen molar-refractivity contribution in [3.63, 3.8) is 0 Å². The van der Waals surface area contributed by atoms with Crippen LogP contribution in [-0.2, 0) is 6.61 Å². The van der Waals surface area contributed by atoms with Crippen molar-refractivity contribution in [1.82, 2.24) is 15.4 Å². The van der Waals surface area contributed by atoms with Crippen molar-refractivity contribution < 1.29 is 13.5 Å². The summed E-state index contributed by atoms with van der Waals surface area (Å²) in [6.07, 6.45) is 6.80. The van der Waals surface area contributed by atoms with Crippen molar-refractivity contribution >= 4 is 5.82 Å². The Morgan fingerprint density at radius 3 is 2.58 bits per heavy atom. The van der Waals surface area contributed by atoms with Crippen molar-refractivity contribution in [2.24, 2.45) is 0 Å². The van der Waals surface area contributed by atoms with E-state index in [4.69, 9.17) is 4.74 Å². The molecule has 128 valence electrons. The van der Waals surface area contributed by atoms with Crippen LogP contribution in [0.4, 0.5) is 14.6 Å². The molecule has 1 heterocycles. The number of rotatable bonds is 6. The van der Waals surface area contributed by atoms with E-state index in [9.17, 15) is 8.78 Å². The fourth-order valence-electron chi connectivity index (χ4n) is 2.65. The minimum absolute atomic E-state index is 0.0599. The van der Waals surface area contributed by atoms with Crippen LogP contribution in [0.3, 0.4) is 0 Å². The second kappa shape index (κ2) is 8.01. The first-order valence-corrected chi connectivity index (χ1v) is 8.12. The molecule has 0 bridgehead atoms. The number of hydrazine groups is 1. The zero-order valence-electron chi connectivity index (χ0n) is 13.3. The molecule has 0 unspecified atom stereocenters. The van der Waals surface area contributed by atoms with Gasteiger partial charge in [0.05, 0.1) is 6.20 Å². The van der Waals surface area contributed by atoms with Gasteiger partial charge in [0.2, 0.25) is 0 Å². The monoisotopic (exact) mass is 334 g/mol. The van der Waals surface area contributed by atoms with Crippen LogP contribution in [0.15, 0.2) is 30.5 Å². The molecule has 2 N–H and O–H groups in total. The lowest BCUT2D eigenvalue weighted by Gasteiger charge is -2.23. The standard InChI is InChI=1S/C17H20F2N4O/c18-13-8-6-12(7-9-13)11-24-17-20-10-15(19)16(21-17)23-22-14-4-2-1-3-5-14/h6-10,14,22H,1-5,11H2,(H,20,21,23). The summed E-state index contributed by atoms with van der Waals surface area (Å²) in [5, 5.41) is 0. The summed E-state index contributed by atoms with van der Waals surface area (Å²) in [6, 6.07) is 6.31. The molecule has 5 nitrogen and oxygen atoms in total. The maximum atomic E-state index is 13.8. The van der Waals surface area contributed by atoms with Crippen molar-refractivity contribution in [3.05, 3.63) is 47.7 Å². The molecule has 0 spiro atoms. The maximum Gasteiger partial charge on any atom is 0.318 e. The SMILES string of the molecule is Fc1ccc(COc2ncc(F)c(NNC3CCCCC3)n2)cc1. The molecule has 1 fully saturated rings. The van der Waals surface area contributed by atoms with Crippen LogP contribution >= 0.6 is 0 Å². The second-order valence-corrected chi connectivity index (χ2v) is 5.87. The van der Waals surface area contributed by atoms with E-state index < -0.39 is 5.82 Å². The average Bonchev–Trinajstić information content (AvgIpc) is 2.62. The Morgan fingerprint density at radius 2 is 1.83 bits per heavy atom. The van der Waals surface area contributed by atoms with Gasteiger partial charge in [0.15, 0.2) is 11.6 Å². The van der Waals surface area contributed by atoms with Gasteiger partial charge in [0.1, 0.15) is 12.4 Å². The van der Waals surface area contributed by atoms with E-state index in [0.717, 1.165) is 24.6 Å². The summed E-state index contributed by atoms with van der Waals surface area (Å²) in [5.74, 6) is -0.797. The van der Waals surface area contributed by atoms with Crippen molar-refractivity contribution in [3.8, 4) is 6.01 Å². The van der Waals surface area contributed by atoms with Gasteiger partial charge in [-0.2, -0.15) is 4.98 Å². The minimum Gasteiger partial charge on any atom is -0.459 e. The maximum absolute atomic E-state index is 13.8. The molecule has 1 aliphatic rings. The van der Waals surface area contributed by atoms with Crippen molar-refractivity contribution in [1.29, 1.82) is 0 Å².